The fraction of sp³-hybridized carbons (Fsp3) is 0.500. The van der Waals surface area contributed by atoms with Crippen molar-refractivity contribution >= 4 is 11.5 Å². The lowest BCUT2D eigenvalue weighted by Gasteiger charge is -2.22. The van der Waals surface area contributed by atoms with Gasteiger partial charge >= 0.3 is 5.69 Å². The van der Waals surface area contributed by atoms with Crippen LogP contribution in [0.2, 0.25) is 0 Å². The Kier molecular flexibility index (Phi) is 10.7. The van der Waals surface area contributed by atoms with E-state index in [0.717, 1.165) is 25.1 Å². The summed E-state index contributed by atoms with van der Waals surface area (Å²) in [5.74, 6) is 0.476. The second kappa shape index (κ2) is 12.7. The first-order valence-corrected chi connectivity index (χ1v) is 9.71. The first kappa shape index (κ1) is 23.5. The van der Waals surface area contributed by atoms with Crippen molar-refractivity contribution < 1.29 is 5.11 Å². The summed E-state index contributed by atoms with van der Waals surface area (Å²) in [4.78, 5) is 27.3. The number of nitrogens with one attached hydrogen (secondary N) is 2. The van der Waals surface area contributed by atoms with Gasteiger partial charge in [0.1, 0.15) is 5.82 Å². The Labute approximate surface area is 166 Å². The van der Waals surface area contributed by atoms with Crippen LogP contribution in [0.4, 0.5) is 11.5 Å². The number of H-pyrrole nitrogens is 1. The molecule has 2 aromatic rings. The van der Waals surface area contributed by atoms with Gasteiger partial charge in [0, 0.05) is 38.4 Å². The van der Waals surface area contributed by atoms with E-state index >= 15 is 0 Å². The van der Waals surface area contributed by atoms with Gasteiger partial charge in [-0.3, -0.25) is 19.2 Å². The number of nitrogen functional groups attached to an aromatic ring is 1. The maximum absolute atomic E-state index is 11.6. The Hall–Kier alpha value is -2.58. The van der Waals surface area contributed by atoms with Crippen LogP contribution in [0.15, 0.2) is 39.9 Å². The summed E-state index contributed by atoms with van der Waals surface area (Å²) in [6.45, 7) is 6.78. The highest BCUT2D eigenvalue weighted by atomic mass is 16.3. The molecule has 0 radical (unpaired) electrons. The predicted molar refractivity (Wildman–Crippen MR) is 115 cm³/mol. The summed E-state index contributed by atoms with van der Waals surface area (Å²) in [6, 6.07) is 9.22. The Morgan fingerprint density at radius 1 is 1.14 bits per heavy atom. The first-order chi connectivity index (χ1) is 13.5. The van der Waals surface area contributed by atoms with Gasteiger partial charge < -0.3 is 16.2 Å². The zero-order valence-electron chi connectivity index (χ0n) is 17.1. The van der Waals surface area contributed by atoms with Crippen molar-refractivity contribution in [1.82, 2.24) is 14.5 Å². The van der Waals surface area contributed by atoms with Gasteiger partial charge in [0.2, 0.25) is 0 Å². The SMILES string of the molecule is CC.Cn1c(NCCN(CCO)CCCc2ccc(N)cc2)cc(=O)[nH]c1=O. The molecule has 28 heavy (non-hydrogen) atoms. The third kappa shape index (κ3) is 7.98. The van der Waals surface area contributed by atoms with E-state index in [1.807, 2.05) is 38.1 Å². The number of rotatable bonds is 10. The second-order valence-corrected chi connectivity index (χ2v) is 6.22. The molecule has 1 aromatic carbocycles. The molecule has 0 aliphatic rings. The average molecular weight is 392 g/mol. The van der Waals surface area contributed by atoms with Gasteiger partial charge in [-0.1, -0.05) is 26.0 Å². The molecule has 0 amide bonds. The van der Waals surface area contributed by atoms with Crippen LogP contribution in [-0.2, 0) is 13.5 Å². The molecule has 0 atom stereocenters. The lowest BCUT2D eigenvalue weighted by atomic mass is 10.1. The Bertz CT molecular complexity index is 799. The molecule has 2 rings (SSSR count). The summed E-state index contributed by atoms with van der Waals surface area (Å²) < 4.78 is 1.36. The lowest BCUT2D eigenvalue weighted by Crippen LogP contribution is -2.34. The Morgan fingerprint density at radius 2 is 1.82 bits per heavy atom. The molecule has 0 saturated heterocycles. The number of aliphatic hydroxyl groups is 1. The van der Waals surface area contributed by atoms with Crippen molar-refractivity contribution in [3.05, 3.63) is 56.7 Å². The third-order valence-electron chi connectivity index (χ3n) is 4.23. The van der Waals surface area contributed by atoms with Crippen LogP contribution in [-0.4, -0.2) is 52.3 Å². The number of aromatic nitrogens is 2. The zero-order valence-corrected chi connectivity index (χ0v) is 17.1. The number of nitrogens with two attached hydrogens (primary N) is 1. The fourth-order valence-corrected chi connectivity index (χ4v) is 2.74. The van der Waals surface area contributed by atoms with E-state index in [4.69, 9.17) is 5.73 Å². The summed E-state index contributed by atoms with van der Waals surface area (Å²) in [5.41, 5.74) is 6.81. The standard InChI is InChI=1S/C18H27N5O3.C2H6/c1-22-16(13-17(25)21-18(22)26)20-8-10-23(11-12-24)9-2-3-14-4-6-15(19)7-5-14;1-2/h4-7,13,20,24H,2-3,8-12,19H2,1H3,(H,21,25,26);1-2H3. The van der Waals surface area contributed by atoms with Crippen molar-refractivity contribution in [3.63, 3.8) is 0 Å². The molecule has 0 bridgehead atoms. The lowest BCUT2D eigenvalue weighted by molar-refractivity contribution is 0.199. The third-order valence-corrected chi connectivity index (χ3v) is 4.23. The summed E-state index contributed by atoms with van der Waals surface area (Å²) in [6.07, 6.45) is 1.91. The van der Waals surface area contributed by atoms with E-state index in [2.05, 4.69) is 15.2 Å². The van der Waals surface area contributed by atoms with E-state index in [9.17, 15) is 14.7 Å². The smallest absolute Gasteiger partial charge is 0.329 e. The predicted octanol–water partition coefficient (Wildman–Crippen LogP) is 1.02. The van der Waals surface area contributed by atoms with Crippen LogP contribution in [0.25, 0.3) is 0 Å². The van der Waals surface area contributed by atoms with Gasteiger partial charge in [-0.15, -0.1) is 0 Å². The van der Waals surface area contributed by atoms with E-state index in [1.165, 1.54) is 16.2 Å². The molecular formula is C20H33N5O3. The summed E-state index contributed by atoms with van der Waals surface area (Å²) in [7, 11) is 1.60. The first-order valence-electron chi connectivity index (χ1n) is 9.71. The zero-order chi connectivity index (χ0) is 20.9. The van der Waals surface area contributed by atoms with Crippen LogP contribution in [0, 0.1) is 0 Å². The molecule has 0 fully saturated rings. The maximum atomic E-state index is 11.6. The van der Waals surface area contributed by atoms with E-state index in [1.54, 1.807) is 7.05 Å². The van der Waals surface area contributed by atoms with E-state index in [0.29, 0.717) is 25.5 Å². The van der Waals surface area contributed by atoms with Gasteiger partial charge in [-0.25, -0.2) is 4.79 Å². The second-order valence-electron chi connectivity index (χ2n) is 6.22. The highest BCUT2D eigenvalue weighted by Crippen LogP contribution is 2.08. The Balaban J connectivity index is 0.00000190. The average Bonchev–Trinajstić information content (AvgIpc) is 2.68. The van der Waals surface area contributed by atoms with Crippen LogP contribution in [0.5, 0.6) is 0 Å². The normalized spacial score (nSPS) is 10.5. The molecule has 0 spiro atoms. The van der Waals surface area contributed by atoms with Crippen molar-refractivity contribution in [3.8, 4) is 0 Å². The van der Waals surface area contributed by atoms with Crippen molar-refractivity contribution in [2.24, 2.45) is 7.05 Å². The molecular weight excluding hydrogens is 358 g/mol. The van der Waals surface area contributed by atoms with E-state index in [-0.39, 0.29) is 6.61 Å². The fourth-order valence-electron chi connectivity index (χ4n) is 2.74. The molecule has 8 nitrogen and oxygen atoms in total. The molecule has 0 aliphatic carbocycles. The van der Waals surface area contributed by atoms with Crippen molar-refractivity contribution in [1.29, 1.82) is 0 Å². The highest BCUT2D eigenvalue weighted by Gasteiger charge is 2.06. The summed E-state index contributed by atoms with van der Waals surface area (Å²) in [5, 5.41) is 12.4. The van der Waals surface area contributed by atoms with Crippen LogP contribution < -0.4 is 22.3 Å². The number of nitrogens with zero attached hydrogens (tertiary/aromatic N) is 2. The molecule has 0 aliphatic heterocycles. The number of aryl methyl sites for hydroxylation is 1. The largest absolute Gasteiger partial charge is 0.399 e. The minimum Gasteiger partial charge on any atom is -0.399 e. The molecule has 156 valence electrons. The number of anilines is 2. The van der Waals surface area contributed by atoms with Gasteiger partial charge in [-0.05, 0) is 37.1 Å². The number of aromatic amines is 1. The van der Waals surface area contributed by atoms with Crippen LogP contribution in [0.3, 0.4) is 0 Å². The van der Waals surface area contributed by atoms with Gasteiger partial charge in [0.05, 0.1) is 6.61 Å². The number of hydrogen-bond acceptors (Lipinski definition) is 6. The molecule has 0 saturated carbocycles. The topological polar surface area (TPSA) is 116 Å². The molecule has 1 heterocycles. The van der Waals surface area contributed by atoms with Gasteiger partial charge in [-0.2, -0.15) is 0 Å². The maximum Gasteiger partial charge on any atom is 0.329 e. The van der Waals surface area contributed by atoms with Crippen LogP contribution >= 0.6 is 0 Å². The highest BCUT2D eigenvalue weighted by molar-refractivity contribution is 5.39. The Morgan fingerprint density at radius 3 is 2.46 bits per heavy atom. The van der Waals surface area contributed by atoms with Gasteiger partial charge in [0.25, 0.3) is 5.56 Å². The molecule has 8 heteroatoms. The quantitative estimate of drug-likeness (QED) is 0.449. The van der Waals surface area contributed by atoms with Crippen molar-refractivity contribution in [2.45, 2.75) is 26.7 Å². The number of benzene rings is 1. The monoisotopic (exact) mass is 391 g/mol. The minimum absolute atomic E-state index is 0.0887. The van der Waals surface area contributed by atoms with Crippen molar-refractivity contribution in [2.75, 3.05) is 43.8 Å². The number of hydrogen-bond donors (Lipinski definition) is 4. The molecule has 0 unspecified atom stereocenters. The number of aliphatic hydroxyl groups excluding tert-OH is 1. The van der Waals surface area contributed by atoms with Crippen LogP contribution in [0.1, 0.15) is 25.8 Å². The summed E-state index contributed by atoms with van der Waals surface area (Å²) >= 11 is 0. The molecule has 5 N–H and O–H groups in total. The molecule has 1 aromatic heterocycles. The van der Waals surface area contributed by atoms with E-state index < -0.39 is 11.2 Å². The van der Waals surface area contributed by atoms with Gasteiger partial charge in [0.15, 0.2) is 0 Å². The minimum atomic E-state index is -0.448.